The lowest BCUT2D eigenvalue weighted by Crippen LogP contribution is -2.24. The third-order valence-electron chi connectivity index (χ3n) is 4.43. The van der Waals surface area contributed by atoms with Gasteiger partial charge in [-0.2, -0.15) is 0 Å². The monoisotopic (exact) mass is 351 g/mol. The molecule has 1 aromatic rings. The highest BCUT2D eigenvalue weighted by Gasteiger charge is 2.28. The summed E-state index contributed by atoms with van der Waals surface area (Å²) in [5.41, 5.74) is 0.746. The summed E-state index contributed by atoms with van der Waals surface area (Å²) in [4.78, 5) is 34.3. The maximum absolute atomic E-state index is 14.2. The lowest BCUT2D eigenvalue weighted by Gasteiger charge is -2.27. The van der Waals surface area contributed by atoms with Crippen molar-refractivity contribution in [1.82, 2.24) is 0 Å². The van der Waals surface area contributed by atoms with Gasteiger partial charge in [0.1, 0.15) is 5.82 Å². The molecule has 0 atom stereocenters. The van der Waals surface area contributed by atoms with Crippen molar-refractivity contribution in [2.24, 2.45) is 5.92 Å². The van der Waals surface area contributed by atoms with Gasteiger partial charge in [0.05, 0.1) is 25.3 Å². The molecule has 1 N–H and O–H groups in total. The first-order valence-corrected chi connectivity index (χ1v) is 8.31. The summed E-state index contributed by atoms with van der Waals surface area (Å²) in [6, 6.07) is 4.52. The molecule has 0 bridgehead atoms. The van der Waals surface area contributed by atoms with Crippen LogP contribution in [-0.2, 0) is 23.9 Å². The first-order chi connectivity index (χ1) is 12.0. The number of esters is 2. The summed E-state index contributed by atoms with van der Waals surface area (Å²) in [7, 11) is 1.08. The molecule has 0 aliphatic heterocycles. The van der Waals surface area contributed by atoms with E-state index in [2.05, 4.69) is 10.1 Å². The van der Waals surface area contributed by atoms with Crippen LogP contribution < -0.4 is 5.32 Å². The van der Waals surface area contributed by atoms with E-state index in [0.717, 1.165) is 25.5 Å². The number of methoxy groups -OCH3 is 1. The predicted molar refractivity (Wildman–Crippen MR) is 88.4 cm³/mol. The highest BCUT2D eigenvalue weighted by Crippen LogP contribution is 2.37. The van der Waals surface area contributed by atoms with Gasteiger partial charge < -0.3 is 14.8 Å². The van der Waals surface area contributed by atoms with E-state index in [4.69, 9.17) is 4.74 Å². The van der Waals surface area contributed by atoms with Gasteiger partial charge in [-0.1, -0.05) is 6.07 Å². The van der Waals surface area contributed by atoms with Crippen LogP contribution >= 0.6 is 0 Å². The Bertz CT molecular complexity index is 653. The van der Waals surface area contributed by atoms with E-state index < -0.39 is 17.7 Å². The van der Waals surface area contributed by atoms with Crippen LogP contribution in [0.2, 0.25) is 0 Å². The summed E-state index contributed by atoms with van der Waals surface area (Å²) >= 11 is 0. The van der Waals surface area contributed by atoms with Crippen molar-refractivity contribution in [3.63, 3.8) is 0 Å². The van der Waals surface area contributed by atoms with Gasteiger partial charge in [0.15, 0.2) is 0 Å². The Morgan fingerprint density at radius 3 is 2.44 bits per heavy atom. The minimum Gasteiger partial charge on any atom is -0.466 e. The molecule has 1 amide bonds. The molecule has 7 heteroatoms. The Balaban J connectivity index is 1.98. The van der Waals surface area contributed by atoms with Gasteiger partial charge in [0.25, 0.3) is 0 Å². The molecule has 1 aliphatic rings. The first-order valence-electron chi connectivity index (χ1n) is 8.31. The maximum Gasteiger partial charge on any atom is 0.396 e. The predicted octanol–water partition coefficient (Wildman–Crippen LogP) is 2.77. The summed E-state index contributed by atoms with van der Waals surface area (Å²) in [5, 5.41) is 2.18. The largest absolute Gasteiger partial charge is 0.466 e. The van der Waals surface area contributed by atoms with Crippen molar-refractivity contribution in [2.45, 2.75) is 38.5 Å². The van der Waals surface area contributed by atoms with Crippen molar-refractivity contribution in [2.75, 3.05) is 19.0 Å². The van der Waals surface area contributed by atoms with Crippen LogP contribution in [0, 0.1) is 11.7 Å². The molecule has 0 radical (unpaired) electrons. The van der Waals surface area contributed by atoms with Crippen LogP contribution in [-0.4, -0.2) is 31.6 Å². The fourth-order valence-electron chi connectivity index (χ4n) is 3.08. The number of ether oxygens (including phenoxy) is 2. The molecule has 1 aliphatic carbocycles. The van der Waals surface area contributed by atoms with Crippen LogP contribution in [0.5, 0.6) is 0 Å². The van der Waals surface area contributed by atoms with Gasteiger partial charge in [-0.3, -0.25) is 9.59 Å². The SMILES string of the molecule is CCOC(=O)[C@H]1CC[C@H](c2ccc(NC(=O)C(=O)OC)c(F)c2)CC1. The van der Waals surface area contributed by atoms with Gasteiger partial charge in [-0.05, 0) is 56.2 Å². The van der Waals surface area contributed by atoms with Crippen LogP contribution in [0.15, 0.2) is 18.2 Å². The van der Waals surface area contributed by atoms with Crippen molar-refractivity contribution >= 4 is 23.5 Å². The van der Waals surface area contributed by atoms with E-state index in [-0.39, 0.29) is 23.5 Å². The minimum absolute atomic E-state index is 0.0700. The zero-order chi connectivity index (χ0) is 18.4. The summed E-state index contributed by atoms with van der Waals surface area (Å²) in [6.45, 7) is 2.16. The zero-order valence-electron chi connectivity index (χ0n) is 14.3. The normalized spacial score (nSPS) is 19.8. The van der Waals surface area contributed by atoms with Crippen LogP contribution in [0.1, 0.15) is 44.1 Å². The fourth-order valence-corrected chi connectivity index (χ4v) is 3.08. The smallest absolute Gasteiger partial charge is 0.396 e. The molecule has 2 rings (SSSR count). The Morgan fingerprint density at radius 2 is 1.88 bits per heavy atom. The van der Waals surface area contributed by atoms with E-state index in [1.807, 2.05) is 0 Å². The van der Waals surface area contributed by atoms with Crippen LogP contribution in [0.3, 0.4) is 0 Å². The summed E-state index contributed by atoms with van der Waals surface area (Å²) in [6.07, 6.45) is 2.98. The number of carbonyl (C=O) groups excluding carboxylic acids is 3. The number of hydrogen-bond acceptors (Lipinski definition) is 5. The average molecular weight is 351 g/mol. The molecule has 0 saturated heterocycles. The van der Waals surface area contributed by atoms with E-state index >= 15 is 0 Å². The van der Waals surface area contributed by atoms with Crippen molar-refractivity contribution in [1.29, 1.82) is 0 Å². The lowest BCUT2D eigenvalue weighted by molar-refractivity contribution is -0.150. The number of amides is 1. The third kappa shape index (κ3) is 4.78. The highest BCUT2D eigenvalue weighted by atomic mass is 19.1. The number of carbonyl (C=O) groups is 3. The lowest BCUT2D eigenvalue weighted by atomic mass is 9.78. The highest BCUT2D eigenvalue weighted by molar-refractivity contribution is 6.37. The van der Waals surface area contributed by atoms with E-state index in [9.17, 15) is 18.8 Å². The topological polar surface area (TPSA) is 81.7 Å². The average Bonchev–Trinajstić information content (AvgIpc) is 2.63. The van der Waals surface area contributed by atoms with Gasteiger partial charge in [-0.25, -0.2) is 9.18 Å². The van der Waals surface area contributed by atoms with Crippen molar-refractivity contribution < 1.29 is 28.2 Å². The molecular formula is C18H22FNO5. The first kappa shape index (κ1) is 18.9. The maximum atomic E-state index is 14.2. The Hall–Kier alpha value is -2.44. The van der Waals surface area contributed by atoms with Gasteiger partial charge in [0.2, 0.25) is 0 Å². The number of hydrogen-bond donors (Lipinski definition) is 1. The standard InChI is InChI=1S/C18H22FNO5/c1-3-25-17(22)12-6-4-11(5-7-12)13-8-9-15(14(19)10-13)20-16(21)18(23)24-2/h8-12H,3-7H2,1-2H3,(H,20,21)/t11-,12-. The molecule has 136 valence electrons. The molecule has 1 aromatic carbocycles. The van der Waals surface area contributed by atoms with Gasteiger partial charge in [-0.15, -0.1) is 0 Å². The Morgan fingerprint density at radius 1 is 1.20 bits per heavy atom. The Labute approximate surface area is 145 Å². The van der Waals surface area contributed by atoms with E-state index in [1.54, 1.807) is 13.0 Å². The van der Waals surface area contributed by atoms with Gasteiger partial charge >= 0.3 is 17.8 Å². The number of nitrogens with one attached hydrogen (secondary N) is 1. The number of rotatable bonds is 4. The summed E-state index contributed by atoms with van der Waals surface area (Å²) in [5.74, 6) is -2.80. The molecule has 0 aromatic heterocycles. The molecule has 25 heavy (non-hydrogen) atoms. The van der Waals surface area contributed by atoms with E-state index in [0.29, 0.717) is 19.4 Å². The molecule has 1 saturated carbocycles. The number of anilines is 1. The fraction of sp³-hybridized carbons (Fsp3) is 0.500. The minimum atomic E-state index is -1.08. The second kappa shape index (κ2) is 8.60. The van der Waals surface area contributed by atoms with Crippen molar-refractivity contribution in [3.8, 4) is 0 Å². The zero-order valence-corrected chi connectivity index (χ0v) is 14.3. The number of benzene rings is 1. The molecule has 0 spiro atoms. The molecule has 0 heterocycles. The van der Waals surface area contributed by atoms with Crippen molar-refractivity contribution in [3.05, 3.63) is 29.6 Å². The second-order valence-electron chi connectivity index (χ2n) is 5.99. The quantitative estimate of drug-likeness (QED) is 0.666. The van der Waals surface area contributed by atoms with Crippen LogP contribution in [0.4, 0.5) is 10.1 Å². The number of halogens is 1. The Kier molecular flexibility index (Phi) is 6.50. The molecule has 1 fully saturated rings. The van der Waals surface area contributed by atoms with Crippen LogP contribution in [0.25, 0.3) is 0 Å². The third-order valence-corrected chi connectivity index (χ3v) is 4.43. The van der Waals surface area contributed by atoms with Gasteiger partial charge in [0, 0.05) is 0 Å². The van der Waals surface area contributed by atoms with E-state index in [1.165, 1.54) is 12.1 Å². The summed E-state index contributed by atoms with van der Waals surface area (Å²) < 4.78 is 23.5. The molecule has 6 nitrogen and oxygen atoms in total. The molecular weight excluding hydrogens is 329 g/mol. The molecule has 0 unspecified atom stereocenters. The second-order valence-corrected chi connectivity index (χ2v) is 5.99.